The standard InChI is InChI=1S/C18H34N2O/c1-3-5-6-7-8-14-21-15-11-17-10-9-12-18(17,16-19)20-13-4-2/h17,20H,3-15H2,1-2H3. The Balaban J connectivity index is 2.16. The molecule has 2 unspecified atom stereocenters. The Morgan fingerprint density at radius 1 is 1.14 bits per heavy atom. The molecule has 21 heavy (non-hydrogen) atoms. The SMILES string of the molecule is CCCCCCCOCCC1CCCC1(C#N)NCCC. The first-order valence-electron chi connectivity index (χ1n) is 9.03. The summed E-state index contributed by atoms with van der Waals surface area (Å²) in [6, 6.07) is 2.57. The Morgan fingerprint density at radius 2 is 1.95 bits per heavy atom. The van der Waals surface area contributed by atoms with Crippen LogP contribution < -0.4 is 5.32 Å². The summed E-state index contributed by atoms with van der Waals surface area (Å²) < 4.78 is 5.78. The van der Waals surface area contributed by atoms with Gasteiger partial charge in [-0.1, -0.05) is 46.0 Å². The summed E-state index contributed by atoms with van der Waals surface area (Å²) in [4.78, 5) is 0. The van der Waals surface area contributed by atoms with Crippen LogP contribution in [0, 0.1) is 17.2 Å². The highest BCUT2D eigenvalue weighted by Gasteiger charge is 2.42. The van der Waals surface area contributed by atoms with Gasteiger partial charge in [-0.15, -0.1) is 0 Å². The van der Waals surface area contributed by atoms with E-state index in [0.717, 1.165) is 39.0 Å². The molecule has 0 radical (unpaired) electrons. The van der Waals surface area contributed by atoms with Crippen molar-refractivity contribution in [1.29, 1.82) is 5.26 Å². The maximum atomic E-state index is 9.58. The predicted octanol–water partition coefficient (Wildman–Crippen LogP) is 4.43. The summed E-state index contributed by atoms with van der Waals surface area (Å²) >= 11 is 0. The number of rotatable bonds is 12. The fraction of sp³-hybridized carbons (Fsp3) is 0.944. The van der Waals surface area contributed by atoms with Gasteiger partial charge in [-0.05, 0) is 44.6 Å². The average Bonchev–Trinajstić information content (AvgIpc) is 2.91. The van der Waals surface area contributed by atoms with Gasteiger partial charge in [-0.25, -0.2) is 0 Å². The van der Waals surface area contributed by atoms with Crippen LogP contribution >= 0.6 is 0 Å². The van der Waals surface area contributed by atoms with Crippen molar-refractivity contribution in [3.63, 3.8) is 0 Å². The molecule has 1 saturated carbocycles. The van der Waals surface area contributed by atoms with Gasteiger partial charge in [0, 0.05) is 13.2 Å². The van der Waals surface area contributed by atoms with Crippen LogP contribution in [0.25, 0.3) is 0 Å². The molecule has 1 fully saturated rings. The number of hydrogen-bond acceptors (Lipinski definition) is 3. The minimum absolute atomic E-state index is 0.277. The minimum Gasteiger partial charge on any atom is -0.381 e. The van der Waals surface area contributed by atoms with E-state index in [4.69, 9.17) is 4.74 Å². The van der Waals surface area contributed by atoms with E-state index in [2.05, 4.69) is 25.2 Å². The summed E-state index contributed by atoms with van der Waals surface area (Å²) in [5, 5.41) is 13.1. The van der Waals surface area contributed by atoms with Crippen LogP contribution in [0.5, 0.6) is 0 Å². The van der Waals surface area contributed by atoms with Crippen molar-refractivity contribution >= 4 is 0 Å². The van der Waals surface area contributed by atoms with Gasteiger partial charge in [-0.2, -0.15) is 5.26 Å². The zero-order valence-electron chi connectivity index (χ0n) is 14.1. The third kappa shape index (κ3) is 6.36. The Kier molecular flexibility index (Phi) is 9.70. The van der Waals surface area contributed by atoms with Gasteiger partial charge in [-0.3, -0.25) is 5.32 Å². The van der Waals surface area contributed by atoms with E-state index in [1.54, 1.807) is 0 Å². The van der Waals surface area contributed by atoms with E-state index in [1.807, 2.05) is 0 Å². The first-order valence-corrected chi connectivity index (χ1v) is 9.03. The number of nitriles is 1. The van der Waals surface area contributed by atoms with Gasteiger partial charge in [0.1, 0.15) is 5.54 Å². The number of hydrogen-bond donors (Lipinski definition) is 1. The van der Waals surface area contributed by atoms with E-state index in [-0.39, 0.29) is 5.54 Å². The molecule has 0 heterocycles. The van der Waals surface area contributed by atoms with Crippen LogP contribution in [0.3, 0.4) is 0 Å². The lowest BCUT2D eigenvalue weighted by Crippen LogP contribution is -2.47. The number of ether oxygens (including phenoxy) is 1. The normalized spacial score (nSPS) is 25.1. The zero-order chi connectivity index (χ0) is 15.4. The summed E-state index contributed by atoms with van der Waals surface area (Å²) in [5.74, 6) is 0.467. The molecule has 0 bridgehead atoms. The quantitative estimate of drug-likeness (QED) is 0.542. The summed E-state index contributed by atoms with van der Waals surface area (Å²) in [6.07, 6.45) is 11.9. The molecular formula is C18H34N2O. The van der Waals surface area contributed by atoms with Crippen LogP contribution in [-0.4, -0.2) is 25.3 Å². The van der Waals surface area contributed by atoms with Crippen molar-refractivity contribution in [3.8, 4) is 6.07 Å². The second-order valence-corrected chi connectivity index (χ2v) is 6.41. The van der Waals surface area contributed by atoms with Crippen molar-refractivity contribution in [3.05, 3.63) is 0 Å². The highest BCUT2D eigenvalue weighted by atomic mass is 16.5. The maximum Gasteiger partial charge on any atom is 0.109 e. The molecule has 0 amide bonds. The maximum absolute atomic E-state index is 9.58. The smallest absolute Gasteiger partial charge is 0.109 e. The largest absolute Gasteiger partial charge is 0.381 e. The Hall–Kier alpha value is -0.590. The Morgan fingerprint density at radius 3 is 2.67 bits per heavy atom. The van der Waals surface area contributed by atoms with Crippen molar-refractivity contribution in [2.75, 3.05) is 19.8 Å². The lowest BCUT2D eigenvalue weighted by Gasteiger charge is -2.30. The van der Waals surface area contributed by atoms with E-state index in [0.29, 0.717) is 5.92 Å². The molecule has 1 aliphatic rings. The molecule has 122 valence electrons. The molecule has 0 saturated heterocycles. The summed E-state index contributed by atoms with van der Waals surface area (Å²) in [6.45, 7) is 7.05. The van der Waals surface area contributed by atoms with Crippen LogP contribution in [0.2, 0.25) is 0 Å². The van der Waals surface area contributed by atoms with Gasteiger partial charge in [0.15, 0.2) is 0 Å². The van der Waals surface area contributed by atoms with Crippen LogP contribution in [0.4, 0.5) is 0 Å². The number of nitrogens with zero attached hydrogens (tertiary/aromatic N) is 1. The van der Waals surface area contributed by atoms with Crippen LogP contribution in [0.15, 0.2) is 0 Å². The molecule has 1 rings (SSSR count). The first kappa shape index (κ1) is 18.5. The van der Waals surface area contributed by atoms with Crippen molar-refractivity contribution in [1.82, 2.24) is 5.32 Å². The first-order chi connectivity index (χ1) is 10.3. The Bertz CT molecular complexity index is 300. The zero-order valence-corrected chi connectivity index (χ0v) is 14.1. The van der Waals surface area contributed by atoms with Crippen molar-refractivity contribution < 1.29 is 4.74 Å². The van der Waals surface area contributed by atoms with Crippen molar-refractivity contribution in [2.45, 2.75) is 83.6 Å². The van der Waals surface area contributed by atoms with Gasteiger partial charge in [0.25, 0.3) is 0 Å². The predicted molar refractivity (Wildman–Crippen MR) is 88.2 cm³/mol. The minimum atomic E-state index is -0.277. The molecule has 3 nitrogen and oxygen atoms in total. The number of unbranched alkanes of at least 4 members (excludes halogenated alkanes) is 4. The van der Waals surface area contributed by atoms with E-state index < -0.39 is 0 Å². The monoisotopic (exact) mass is 294 g/mol. The van der Waals surface area contributed by atoms with Gasteiger partial charge < -0.3 is 4.74 Å². The Labute approximate surface area is 131 Å². The third-order valence-corrected chi connectivity index (χ3v) is 4.71. The molecule has 0 aromatic rings. The molecule has 1 N–H and O–H groups in total. The highest BCUT2D eigenvalue weighted by Crippen LogP contribution is 2.37. The van der Waals surface area contributed by atoms with Crippen molar-refractivity contribution in [2.24, 2.45) is 5.92 Å². The fourth-order valence-electron chi connectivity index (χ4n) is 3.37. The second-order valence-electron chi connectivity index (χ2n) is 6.41. The third-order valence-electron chi connectivity index (χ3n) is 4.71. The topological polar surface area (TPSA) is 45.0 Å². The highest BCUT2D eigenvalue weighted by molar-refractivity contribution is 5.13. The molecular weight excluding hydrogens is 260 g/mol. The van der Waals surface area contributed by atoms with E-state index in [9.17, 15) is 5.26 Å². The summed E-state index contributed by atoms with van der Waals surface area (Å²) in [7, 11) is 0. The molecule has 2 atom stereocenters. The van der Waals surface area contributed by atoms with Gasteiger partial charge in [0.2, 0.25) is 0 Å². The average molecular weight is 294 g/mol. The lowest BCUT2D eigenvalue weighted by atomic mass is 9.86. The molecule has 0 aromatic heterocycles. The van der Waals surface area contributed by atoms with Gasteiger partial charge >= 0.3 is 0 Å². The molecule has 0 aromatic carbocycles. The molecule has 0 spiro atoms. The van der Waals surface area contributed by atoms with Crippen LogP contribution in [-0.2, 0) is 4.74 Å². The molecule has 3 heteroatoms. The van der Waals surface area contributed by atoms with E-state index in [1.165, 1.54) is 44.9 Å². The van der Waals surface area contributed by atoms with Gasteiger partial charge in [0.05, 0.1) is 6.07 Å². The second kappa shape index (κ2) is 11.0. The molecule has 0 aliphatic heterocycles. The fourth-order valence-corrected chi connectivity index (χ4v) is 3.37. The van der Waals surface area contributed by atoms with Crippen LogP contribution in [0.1, 0.15) is 78.1 Å². The summed E-state index contributed by atoms with van der Waals surface area (Å²) in [5.41, 5.74) is -0.277. The van der Waals surface area contributed by atoms with E-state index >= 15 is 0 Å². The number of nitrogens with one attached hydrogen (secondary N) is 1. The lowest BCUT2D eigenvalue weighted by molar-refractivity contribution is 0.108. The molecule has 1 aliphatic carbocycles.